The molecule has 0 radical (unpaired) electrons. The maximum atomic E-state index is 12.2. The van der Waals surface area contributed by atoms with Crippen LogP contribution in [0, 0.1) is 0 Å². The summed E-state index contributed by atoms with van der Waals surface area (Å²) in [5, 5.41) is 9.56. The van der Waals surface area contributed by atoms with Crippen LogP contribution in [0.1, 0.15) is 219 Å². The van der Waals surface area contributed by atoms with Crippen molar-refractivity contribution in [3.63, 3.8) is 0 Å². The van der Waals surface area contributed by atoms with Gasteiger partial charge in [0.25, 0.3) is 0 Å². The Bertz CT molecular complexity index is 731. The molecule has 5 nitrogen and oxygen atoms in total. The molecule has 0 aliphatic heterocycles. The number of rotatable bonds is 38. The number of aliphatic hydroxyl groups excluding tert-OH is 1. The number of unbranched alkanes of at least 4 members (excludes halogenated alkanes) is 26. The van der Waals surface area contributed by atoms with E-state index in [1.165, 1.54) is 148 Å². The Hall–Kier alpha value is -1.62. The molecule has 0 rings (SSSR count). The Labute approximate surface area is 298 Å². The molecular weight excluding hydrogens is 596 g/mol. The number of esters is 2. The topological polar surface area (TPSA) is 72.8 Å². The van der Waals surface area contributed by atoms with E-state index in [0.29, 0.717) is 12.8 Å². The second kappa shape index (κ2) is 39.8. The van der Waals surface area contributed by atoms with E-state index in [1.807, 2.05) is 0 Å². The molecule has 5 heteroatoms. The summed E-state index contributed by atoms with van der Waals surface area (Å²) in [6.07, 6.45) is 46.7. The molecule has 0 aliphatic carbocycles. The van der Waals surface area contributed by atoms with Gasteiger partial charge in [0.2, 0.25) is 0 Å². The van der Waals surface area contributed by atoms with Crippen LogP contribution in [0.15, 0.2) is 24.3 Å². The first kappa shape index (κ1) is 46.4. The summed E-state index contributed by atoms with van der Waals surface area (Å²) in [6.45, 7) is 4.12. The smallest absolute Gasteiger partial charge is 0.306 e. The van der Waals surface area contributed by atoms with Crippen LogP contribution in [0.4, 0.5) is 0 Å². The first-order chi connectivity index (χ1) is 23.6. The van der Waals surface area contributed by atoms with Gasteiger partial charge in [0.1, 0.15) is 6.61 Å². The van der Waals surface area contributed by atoms with E-state index in [2.05, 4.69) is 38.2 Å². The molecule has 48 heavy (non-hydrogen) atoms. The van der Waals surface area contributed by atoms with E-state index in [0.717, 1.165) is 44.9 Å². The highest BCUT2D eigenvalue weighted by atomic mass is 16.6. The molecule has 0 aromatic carbocycles. The Balaban J connectivity index is 3.51. The molecule has 1 N–H and O–H groups in total. The highest BCUT2D eigenvalue weighted by molar-refractivity contribution is 5.70. The van der Waals surface area contributed by atoms with Gasteiger partial charge >= 0.3 is 11.9 Å². The van der Waals surface area contributed by atoms with Crippen molar-refractivity contribution in [2.45, 2.75) is 225 Å². The fourth-order valence-electron chi connectivity index (χ4n) is 6.01. The van der Waals surface area contributed by atoms with E-state index in [1.54, 1.807) is 0 Å². The summed E-state index contributed by atoms with van der Waals surface area (Å²) in [6, 6.07) is 0. The monoisotopic (exact) mass is 677 g/mol. The summed E-state index contributed by atoms with van der Waals surface area (Å²) in [7, 11) is 0. The lowest BCUT2D eigenvalue weighted by molar-refractivity contribution is -0.161. The lowest BCUT2D eigenvalue weighted by Crippen LogP contribution is -2.28. The average molecular weight is 677 g/mol. The van der Waals surface area contributed by atoms with Crippen LogP contribution in [0.5, 0.6) is 0 Å². The van der Waals surface area contributed by atoms with Crippen molar-refractivity contribution in [2.24, 2.45) is 0 Å². The molecule has 0 saturated carbocycles. The maximum absolute atomic E-state index is 12.2. The predicted molar refractivity (Wildman–Crippen MR) is 205 cm³/mol. The normalized spacial score (nSPS) is 12.3. The summed E-state index contributed by atoms with van der Waals surface area (Å²) in [5.41, 5.74) is 0. The Morgan fingerprint density at radius 3 is 1.15 bits per heavy atom. The zero-order chi connectivity index (χ0) is 35.0. The van der Waals surface area contributed by atoms with E-state index in [9.17, 15) is 14.7 Å². The van der Waals surface area contributed by atoms with Gasteiger partial charge in [-0.25, -0.2) is 0 Å². The van der Waals surface area contributed by atoms with E-state index < -0.39 is 6.10 Å². The van der Waals surface area contributed by atoms with Gasteiger partial charge in [0.15, 0.2) is 6.10 Å². The van der Waals surface area contributed by atoms with Gasteiger partial charge in [-0.15, -0.1) is 0 Å². The molecular formula is C43H80O5. The molecule has 0 amide bonds. The van der Waals surface area contributed by atoms with Crippen molar-refractivity contribution >= 4 is 11.9 Å². The number of allylic oxidation sites excluding steroid dienone is 4. The summed E-state index contributed by atoms with van der Waals surface area (Å²) >= 11 is 0. The largest absolute Gasteiger partial charge is 0.462 e. The lowest BCUT2D eigenvalue weighted by Gasteiger charge is -2.15. The van der Waals surface area contributed by atoms with Crippen LogP contribution in [0.2, 0.25) is 0 Å². The molecule has 0 heterocycles. The molecule has 1 atom stereocenters. The molecule has 282 valence electrons. The summed E-state index contributed by atoms with van der Waals surface area (Å²) in [4.78, 5) is 24.3. The van der Waals surface area contributed by atoms with Gasteiger partial charge in [0.05, 0.1) is 6.61 Å². The number of hydrogen-bond donors (Lipinski definition) is 1. The summed E-state index contributed by atoms with van der Waals surface area (Å²) < 4.78 is 10.6. The zero-order valence-corrected chi connectivity index (χ0v) is 32.0. The van der Waals surface area contributed by atoms with Gasteiger partial charge in [-0.3, -0.25) is 9.59 Å². The van der Waals surface area contributed by atoms with Gasteiger partial charge in [0, 0.05) is 12.8 Å². The van der Waals surface area contributed by atoms with Crippen molar-refractivity contribution in [2.75, 3.05) is 13.2 Å². The Morgan fingerprint density at radius 2 is 0.771 bits per heavy atom. The molecule has 0 aromatic heterocycles. The maximum Gasteiger partial charge on any atom is 0.306 e. The van der Waals surface area contributed by atoms with Crippen molar-refractivity contribution in [1.82, 2.24) is 0 Å². The number of carbonyl (C=O) groups excluding carboxylic acids is 2. The van der Waals surface area contributed by atoms with Crippen LogP contribution in [-0.4, -0.2) is 36.4 Å². The number of hydrogen-bond acceptors (Lipinski definition) is 5. The third-order valence-corrected chi connectivity index (χ3v) is 9.22. The minimum absolute atomic E-state index is 0.0673. The molecule has 0 aliphatic rings. The Kier molecular flexibility index (Phi) is 38.5. The molecule has 0 spiro atoms. The van der Waals surface area contributed by atoms with E-state index in [-0.39, 0.29) is 25.2 Å². The van der Waals surface area contributed by atoms with Crippen LogP contribution in [-0.2, 0) is 19.1 Å². The second-order valence-corrected chi connectivity index (χ2v) is 14.1. The van der Waals surface area contributed by atoms with Crippen molar-refractivity contribution in [1.29, 1.82) is 0 Å². The minimum Gasteiger partial charge on any atom is -0.462 e. The standard InChI is InChI=1S/C43H80O5/c1-3-5-7-9-11-13-15-17-18-19-20-21-22-23-24-26-28-30-32-34-36-38-43(46)48-41(39-44)40-47-42(45)37-35-33-31-29-27-25-16-14-12-10-8-6-4-2/h14,16-18,41,44H,3-13,15,19-40H2,1-2H3/t41-/m0/s1. The number of aliphatic hydroxyl groups is 1. The molecule has 0 unspecified atom stereocenters. The van der Waals surface area contributed by atoms with E-state index in [4.69, 9.17) is 9.47 Å². The quantitative estimate of drug-likeness (QED) is 0.0400. The lowest BCUT2D eigenvalue weighted by atomic mass is 10.0. The fourth-order valence-corrected chi connectivity index (χ4v) is 6.01. The molecule has 0 fully saturated rings. The first-order valence-electron chi connectivity index (χ1n) is 20.9. The highest BCUT2D eigenvalue weighted by Gasteiger charge is 2.16. The van der Waals surface area contributed by atoms with E-state index >= 15 is 0 Å². The van der Waals surface area contributed by atoms with Crippen LogP contribution in [0.25, 0.3) is 0 Å². The van der Waals surface area contributed by atoms with Crippen LogP contribution in [0.3, 0.4) is 0 Å². The van der Waals surface area contributed by atoms with Gasteiger partial charge in [-0.05, 0) is 64.2 Å². The zero-order valence-electron chi connectivity index (χ0n) is 32.0. The average Bonchev–Trinajstić information content (AvgIpc) is 3.09. The van der Waals surface area contributed by atoms with Crippen molar-refractivity contribution in [3.8, 4) is 0 Å². The SMILES string of the molecule is CCCCCCC=CCCCCCCCC(=O)OC[C@H](CO)OC(=O)CCCCCCCCCCCCCC=CCCCCCCCC. The van der Waals surface area contributed by atoms with Crippen LogP contribution >= 0.6 is 0 Å². The predicted octanol–water partition coefficient (Wildman–Crippen LogP) is 13.1. The number of carbonyl (C=O) groups is 2. The van der Waals surface area contributed by atoms with Gasteiger partial charge in [-0.2, -0.15) is 0 Å². The molecule has 0 bridgehead atoms. The Morgan fingerprint density at radius 1 is 0.458 bits per heavy atom. The minimum atomic E-state index is -0.771. The fraction of sp³-hybridized carbons (Fsp3) is 0.860. The highest BCUT2D eigenvalue weighted by Crippen LogP contribution is 2.14. The third-order valence-electron chi connectivity index (χ3n) is 9.22. The van der Waals surface area contributed by atoms with Crippen molar-refractivity contribution in [3.05, 3.63) is 24.3 Å². The van der Waals surface area contributed by atoms with Crippen molar-refractivity contribution < 1.29 is 24.2 Å². The molecule has 0 saturated heterocycles. The summed E-state index contributed by atoms with van der Waals surface area (Å²) in [5.74, 6) is -0.595. The number of ether oxygens (including phenoxy) is 2. The third kappa shape index (κ3) is 37.2. The first-order valence-corrected chi connectivity index (χ1v) is 20.9. The molecule has 0 aromatic rings. The van der Waals surface area contributed by atoms with Crippen LogP contribution < -0.4 is 0 Å². The second-order valence-electron chi connectivity index (χ2n) is 14.1. The van der Waals surface area contributed by atoms with Gasteiger partial charge in [-0.1, -0.05) is 167 Å². The van der Waals surface area contributed by atoms with Gasteiger partial charge < -0.3 is 14.6 Å².